The quantitative estimate of drug-likeness (QED) is 0.801. The van der Waals surface area contributed by atoms with E-state index in [1.807, 2.05) is 13.8 Å². The van der Waals surface area contributed by atoms with E-state index in [2.05, 4.69) is 4.98 Å². The molecule has 0 spiro atoms. The number of hydrogen-bond acceptors (Lipinski definition) is 4. The summed E-state index contributed by atoms with van der Waals surface area (Å²) < 4.78 is 0. The van der Waals surface area contributed by atoms with E-state index in [-0.39, 0.29) is 18.0 Å². The Labute approximate surface area is 112 Å². The minimum atomic E-state index is -0.973. The van der Waals surface area contributed by atoms with E-state index < -0.39 is 11.9 Å². The van der Waals surface area contributed by atoms with Crippen molar-refractivity contribution in [1.29, 1.82) is 0 Å². The van der Waals surface area contributed by atoms with E-state index in [1.54, 1.807) is 24.0 Å². The van der Waals surface area contributed by atoms with E-state index in [1.165, 1.54) is 0 Å². The minimum absolute atomic E-state index is 0.213. The molecule has 0 aliphatic rings. The molecule has 0 aromatic carbocycles. The van der Waals surface area contributed by atoms with Crippen molar-refractivity contribution >= 4 is 17.7 Å². The molecule has 1 rings (SSSR count). The van der Waals surface area contributed by atoms with Gasteiger partial charge in [0.25, 0.3) is 5.91 Å². The van der Waals surface area contributed by atoms with E-state index in [9.17, 15) is 9.59 Å². The highest BCUT2D eigenvalue weighted by Crippen LogP contribution is 2.19. The molecule has 0 radical (unpaired) electrons. The maximum atomic E-state index is 11.4. The Hall–Kier alpha value is -2.11. The van der Waals surface area contributed by atoms with Gasteiger partial charge < -0.3 is 15.7 Å². The fourth-order valence-corrected chi connectivity index (χ4v) is 1.81. The zero-order valence-electron chi connectivity index (χ0n) is 11.4. The number of amides is 1. The van der Waals surface area contributed by atoms with Gasteiger partial charge in [0.2, 0.25) is 0 Å². The Morgan fingerprint density at radius 2 is 2.05 bits per heavy atom. The van der Waals surface area contributed by atoms with Gasteiger partial charge in [0.1, 0.15) is 12.4 Å². The molecular weight excluding hydrogens is 246 g/mol. The van der Waals surface area contributed by atoms with Crippen LogP contribution in [0, 0.1) is 12.8 Å². The first kappa shape index (κ1) is 14.9. The molecule has 0 aliphatic heterocycles. The lowest BCUT2D eigenvalue weighted by molar-refractivity contribution is -0.135. The molecule has 0 unspecified atom stereocenters. The molecule has 3 N–H and O–H groups in total. The van der Waals surface area contributed by atoms with Crippen LogP contribution in [0.3, 0.4) is 0 Å². The summed E-state index contributed by atoms with van der Waals surface area (Å²) in [7, 11) is 0. The Morgan fingerprint density at radius 3 is 2.53 bits per heavy atom. The number of carbonyl (C=O) groups is 2. The molecule has 0 saturated carbocycles. The van der Waals surface area contributed by atoms with Crippen molar-refractivity contribution in [3.63, 3.8) is 0 Å². The summed E-state index contributed by atoms with van der Waals surface area (Å²) >= 11 is 0. The molecule has 0 bridgehead atoms. The second kappa shape index (κ2) is 6.17. The number of carbonyl (C=O) groups excluding carboxylic acids is 1. The Bertz CT molecular complexity index is 486. The molecule has 6 nitrogen and oxygen atoms in total. The van der Waals surface area contributed by atoms with Gasteiger partial charge >= 0.3 is 5.97 Å². The van der Waals surface area contributed by atoms with Crippen LogP contribution < -0.4 is 10.6 Å². The van der Waals surface area contributed by atoms with Crippen molar-refractivity contribution in [2.75, 3.05) is 18.0 Å². The fourth-order valence-electron chi connectivity index (χ4n) is 1.81. The van der Waals surface area contributed by atoms with Crippen molar-refractivity contribution in [3.8, 4) is 0 Å². The second-order valence-electron chi connectivity index (χ2n) is 4.86. The lowest BCUT2D eigenvalue weighted by atomic mass is 10.1. The predicted octanol–water partition coefficient (Wildman–Crippen LogP) is 1.04. The first-order valence-electron chi connectivity index (χ1n) is 6.05. The number of aliphatic carboxylic acids is 1. The summed E-state index contributed by atoms with van der Waals surface area (Å²) in [5.74, 6) is -1.01. The molecule has 0 saturated heterocycles. The van der Waals surface area contributed by atoms with Crippen LogP contribution in [0.2, 0.25) is 0 Å². The van der Waals surface area contributed by atoms with Gasteiger partial charge in [-0.2, -0.15) is 0 Å². The van der Waals surface area contributed by atoms with Gasteiger partial charge in [-0.1, -0.05) is 13.8 Å². The van der Waals surface area contributed by atoms with Crippen LogP contribution in [0.25, 0.3) is 0 Å². The summed E-state index contributed by atoms with van der Waals surface area (Å²) in [6.45, 7) is 5.99. The van der Waals surface area contributed by atoms with Crippen molar-refractivity contribution < 1.29 is 14.7 Å². The van der Waals surface area contributed by atoms with Crippen LogP contribution in [0.1, 0.15) is 29.9 Å². The zero-order chi connectivity index (χ0) is 14.6. The largest absolute Gasteiger partial charge is 0.480 e. The molecule has 104 valence electrons. The summed E-state index contributed by atoms with van der Waals surface area (Å²) in [5.41, 5.74) is 6.26. The Balaban J connectivity index is 3.22. The summed E-state index contributed by atoms with van der Waals surface area (Å²) in [6, 6.07) is 3.26. The van der Waals surface area contributed by atoms with Gasteiger partial charge in [-0.25, -0.2) is 4.98 Å². The lowest BCUT2D eigenvalue weighted by Gasteiger charge is -2.25. The Morgan fingerprint density at radius 1 is 1.42 bits per heavy atom. The maximum absolute atomic E-state index is 11.4. The van der Waals surface area contributed by atoms with Gasteiger partial charge in [-0.05, 0) is 25.0 Å². The van der Waals surface area contributed by atoms with Crippen LogP contribution >= 0.6 is 0 Å². The third-order valence-electron chi connectivity index (χ3n) is 2.49. The number of primary amides is 1. The normalized spacial score (nSPS) is 10.5. The molecule has 1 amide bonds. The number of hydrogen-bond donors (Lipinski definition) is 2. The molecule has 1 heterocycles. The van der Waals surface area contributed by atoms with Gasteiger partial charge in [0.05, 0.1) is 5.56 Å². The van der Waals surface area contributed by atoms with E-state index >= 15 is 0 Å². The standard InChI is InChI=1S/C13H19N3O3/c1-8(2)6-16(7-11(17)18)13-10(12(14)19)5-4-9(3)15-13/h4-5,8H,6-7H2,1-3H3,(H2,14,19)(H,17,18). The highest BCUT2D eigenvalue weighted by molar-refractivity contribution is 5.98. The van der Waals surface area contributed by atoms with Gasteiger partial charge in [-0.15, -0.1) is 0 Å². The van der Waals surface area contributed by atoms with Gasteiger partial charge in [0.15, 0.2) is 0 Å². The molecular formula is C13H19N3O3. The third kappa shape index (κ3) is 4.24. The average Bonchev–Trinajstić information content (AvgIpc) is 2.26. The predicted molar refractivity (Wildman–Crippen MR) is 72.2 cm³/mol. The molecule has 19 heavy (non-hydrogen) atoms. The highest BCUT2D eigenvalue weighted by atomic mass is 16.4. The van der Waals surface area contributed by atoms with Crippen LogP contribution in [0.15, 0.2) is 12.1 Å². The number of carboxylic acids is 1. The third-order valence-corrected chi connectivity index (χ3v) is 2.49. The second-order valence-corrected chi connectivity index (χ2v) is 4.86. The number of nitrogens with two attached hydrogens (primary N) is 1. The summed E-state index contributed by atoms with van der Waals surface area (Å²) in [6.07, 6.45) is 0. The lowest BCUT2D eigenvalue weighted by Crippen LogP contribution is -2.35. The van der Waals surface area contributed by atoms with E-state index in [0.717, 1.165) is 0 Å². The van der Waals surface area contributed by atoms with E-state index in [4.69, 9.17) is 10.8 Å². The summed E-state index contributed by atoms with van der Waals surface area (Å²) in [5, 5.41) is 8.97. The number of pyridine rings is 1. The van der Waals surface area contributed by atoms with Gasteiger partial charge in [-0.3, -0.25) is 9.59 Å². The molecule has 1 aromatic heterocycles. The SMILES string of the molecule is Cc1ccc(C(N)=O)c(N(CC(=O)O)CC(C)C)n1. The van der Waals surface area contributed by atoms with Crippen LogP contribution in [-0.2, 0) is 4.79 Å². The van der Waals surface area contributed by atoms with Crippen LogP contribution in [0.5, 0.6) is 0 Å². The first-order chi connectivity index (χ1) is 8.81. The van der Waals surface area contributed by atoms with Crippen molar-refractivity contribution in [2.24, 2.45) is 11.7 Å². The maximum Gasteiger partial charge on any atom is 0.323 e. The molecule has 0 fully saturated rings. The average molecular weight is 265 g/mol. The van der Waals surface area contributed by atoms with E-state index in [0.29, 0.717) is 18.1 Å². The first-order valence-corrected chi connectivity index (χ1v) is 6.05. The number of anilines is 1. The molecule has 6 heteroatoms. The highest BCUT2D eigenvalue weighted by Gasteiger charge is 2.19. The fraction of sp³-hybridized carbons (Fsp3) is 0.462. The summed E-state index contributed by atoms with van der Waals surface area (Å²) in [4.78, 5) is 28.2. The monoisotopic (exact) mass is 265 g/mol. The zero-order valence-corrected chi connectivity index (χ0v) is 11.4. The number of nitrogens with zero attached hydrogens (tertiary/aromatic N) is 2. The van der Waals surface area contributed by atoms with Gasteiger partial charge in [0, 0.05) is 12.2 Å². The van der Waals surface area contributed by atoms with Crippen molar-refractivity contribution in [2.45, 2.75) is 20.8 Å². The molecule has 0 aliphatic carbocycles. The smallest absolute Gasteiger partial charge is 0.323 e. The van der Waals surface area contributed by atoms with Crippen molar-refractivity contribution in [1.82, 2.24) is 4.98 Å². The number of carboxylic acid groups (broad SMARTS) is 1. The van der Waals surface area contributed by atoms with Crippen LogP contribution in [0.4, 0.5) is 5.82 Å². The number of aromatic nitrogens is 1. The number of rotatable bonds is 6. The van der Waals surface area contributed by atoms with Crippen LogP contribution in [-0.4, -0.2) is 35.1 Å². The molecule has 0 atom stereocenters. The minimum Gasteiger partial charge on any atom is -0.480 e. The Kier molecular flexibility index (Phi) is 4.86. The molecule has 1 aromatic rings. The number of aryl methyl sites for hydroxylation is 1. The topological polar surface area (TPSA) is 96.5 Å². The van der Waals surface area contributed by atoms with Crippen molar-refractivity contribution in [3.05, 3.63) is 23.4 Å².